The van der Waals surface area contributed by atoms with Crippen LogP contribution in [0, 0.1) is 51.8 Å². The van der Waals surface area contributed by atoms with E-state index in [9.17, 15) is 10.1 Å². The highest BCUT2D eigenvalue weighted by molar-refractivity contribution is 6.69. The van der Waals surface area contributed by atoms with Gasteiger partial charge in [0.05, 0.1) is 19.1 Å². The monoisotopic (exact) mass is 431 g/mol. The Bertz CT molecular complexity index is 742. The minimum Gasteiger partial charge on any atom is -0.469 e. The molecule has 4 saturated carbocycles. The van der Waals surface area contributed by atoms with Crippen molar-refractivity contribution in [1.82, 2.24) is 0 Å². The predicted octanol–water partition coefficient (Wildman–Crippen LogP) is 5.93. The Kier molecular flexibility index (Phi) is 5.46. The number of nitrogens with zero attached hydrogens (tertiary/aromatic N) is 1. The molecule has 0 aromatic carbocycles. The highest BCUT2D eigenvalue weighted by Crippen LogP contribution is 2.69. The van der Waals surface area contributed by atoms with Crippen LogP contribution in [0.1, 0.15) is 71.6 Å². The van der Waals surface area contributed by atoms with Gasteiger partial charge in [0.2, 0.25) is 0 Å². The molecule has 0 bridgehead atoms. The molecule has 4 fully saturated rings. The summed E-state index contributed by atoms with van der Waals surface area (Å²) in [6, 6.07) is 2.72. The molecule has 0 aromatic rings. The molecule has 0 radical (unpaired) electrons. The van der Waals surface area contributed by atoms with Gasteiger partial charge >= 0.3 is 5.97 Å². The van der Waals surface area contributed by atoms with Crippen molar-refractivity contribution in [1.29, 1.82) is 5.26 Å². The van der Waals surface area contributed by atoms with E-state index < -0.39 is 13.9 Å². The normalized spacial score (nSPS) is 48.1. The minimum atomic E-state index is -1.83. The largest absolute Gasteiger partial charge is 0.469 e. The third-order valence-electron chi connectivity index (χ3n) is 9.94. The van der Waals surface area contributed by atoms with Crippen LogP contribution in [0.25, 0.3) is 0 Å². The number of nitriles is 1. The molecule has 30 heavy (non-hydrogen) atoms. The van der Waals surface area contributed by atoms with Crippen molar-refractivity contribution < 1.29 is 14.0 Å². The number of fused-ring (bicyclic) bond motifs is 5. The van der Waals surface area contributed by atoms with Crippen molar-refractivity contribution in [3.63, 3.8) is 0 Å². The van der Waals surface area contributed by atoms with Gasteiger partial charge in [-0.05, 0) is 100 Å². The van der Waals surface area contributed by atoms with Crippen LogP contribution >= 0.6 is 0 Å². The van der Waals surface area contributed by atoms with Gasteiger partial charge in [0.1, 0.15) is 5.60 Å². The number of hydrogen-bond donors (Lipinski definition) is 0. The van der Waals surface area contributed by atoms with Gasteiger partial charge < -0.3 is 9.16 Å². The van der Waals surface area contributed by atoms with E-state index >= 15 is 0 Å². The standard InChI is InChI=1S/C25H41NO3Si/c1-23-13-7-8-18(22(27)28-3)19(23)10-9-17-20(23)11-14-24(2)21(17)12-15-25(24,16-26)29-30(4,5)6/h17-21H,7-15H2,1-6H3/t17?,18?,19?,20?,21?,23-,24-,25-/m0/s1. The van der Waals surface area contributed by atoms with Crippen LogP contribution in [0.5, 0.6) is 0 Å². The lowest BCUT2D eigenvalue weighted by Crippen LogP contribution is -2.59. The predicted molar refractivity (Wildman–Crippen MR) is 120 cm³/mol. The highest BCUT2D eigenvalue weighted by atomic mass is 28.4. The maximum Gasteiger partial charge on any atom is 0.308 e. The maximum atomic E-state index is 12.5. The Morgan fingerprint density at radius 2 is 1.67 bits per heavy atom. The summed E-state index contributed by atoms with van der Waals surface area (Å²) in [4.78, 5) is 12.5. The van der Waals surface area contributed by atoms with Crippen LogP contribution in [0.3, 0.4) is 0 Å². The number of methoxy groups -OCH3 is 1. The first-order valence-corrected chi connectivity index (χ1v) is 15.6. The van der Waals surface area contributed by atoms with Crippen molar-refractivity contribution >= 4 is 14.3 Å². The summed E-state index contributed by atoms with van der Waals surface area (Å²) >= 11 is 0. The van der Waals surface area contributed by atoms with E-state index in [1.54, 1.807) is 7.11 Å². The number of carbonyl (C=O) groups excluding carboxylic acids is 1. The molecule has 168 valence electrons. The van der Waals surface area contributed by atoms with Crippen LogP contribution in [-0.2, 0) is 14.0 Å². The zero-order chi connectivity index (χ0) is 21.9. The average molecular weight is 432 g/mol. The fraction of sp³-hybridized carbons (Fsp3) is 0.920. The van der Waals surface area contributed by atoms with Crippen LogP contribution in [0.2, 0.25) is 19.6 Å². The van der Waals surface area contributed by atoms with Crippen LogP contribution in [-0.4, -0.2) is 27.0 Å². The molecule has 5 unspecified atom stereocenters. The smallest absolute Gasteiger partial charge is 0.308 e. The SMILES string of the molecule is COC(=O)C1CCC[C@@]2(C)C1CCC1C2CC[C@@]2(C)C1CC[C@@]2(C#N)O[Si](C)(C)C. The van der Waals surface area contributed by atoms with Crippen molar-refractivity contribution in [2.75, 3.05) is 7.11 Å². The number of ether oxygens (including phenoxy) is 1. The van der Waals surface area contributed by atoms with E-state index in [0.29, 0.717) is 23.7 Å². The van der Waals surface area contributed by atoms with E-state index in [2.05, 4.69) is 39.6 Å². The topological polar surface area (TPSA) is 59.3 Å². The second-order valence-corrected chi connectivity index (χ2v) is 16.7. The van der Waals surface area contributed by atoms with Crippen molar-refractivity contribution in [3.05, 3.63) is 0 Å². The van der Waals surface area contributed by atoms with E-state index in [-0.39, 0.29) is 22.7 Å². The Balaban J connectivity index is 1.64. The molecule has 0 amide bonds. The quantitative estimate of drug-likeness (QED) is 0.410. The Morgan fingerprint density at radius 3 is 2.30 bits per heavy atom. The summed E-state index contributed by atoms with van der Waals surface area (Å²) in [6.45, 7) is 11.5. The molecule has 0 aromatic heterocycles. The van der Waals surface area contributed by atoms with Crippen LogP contribution in [0.15, 0.2) is 0 Å². The molecule has 8 atom stereocenters. The van der Waals surface area contributed by atoms with Gasteiger partial charge in [0, 0.05) is 5.41 Å². The zero-order valence-corrected chi connectivity index (χ0v) is 20.9. The van der Waals surface area contributed by atoms with Crippen molar-refractivity contribution in [2.45, 2.75) is 96.9 Å². The van der Waals surface area contributed by atoms with E-state index in [1.807, 2.05) is 0 Å². The number of hydrogen-bond acceptors (Lipinski definition) is 4. The lowest BCUT2D eigenvalue weighted by Gasteiger charge is -2.62. The van der Waals surface area contributed by atoms with E-state index in [0.717, 1.165) is 38.5 Å². The lowest BCUT2D eigenvalue weighted by molar-refractivity contribution is -0.168. The van der Waals surface area contributed by atoms with Crippen molar-refractivity contribution in [2.24, 2.45) is 40.4 Å². The van der Waals surface area contributed by atoms with Crippen LogP contribution < -0.4 is 0 Å². The molecule has 0 spiro atoms. The zero-order valence-electron chi connectivity index (χ0n) is 19.9. The molecule has 4 aliphatic carbocycles. The molecule has 0 N–H and O–H groups in total. The van der Waals surface area contributed by atoms with E-state index in [1.165, 1.54) is 19.3 Å². The molecule has 0 aliphatic heterocycles. The third-order valence-corrected chi connectivity index (χ3v) is 10.9. The number of esters is 1. The Hall–Kier alpha value is -0.863. The first-order valence-electron chi connectivity index (χ1n) is 12.2. The summed E-state index contributed by atoms with van der Waals surface area (Å²) in [6.07, 6.45) is 9.99. The third kappa shape index (κ3) is 3.12. The second kappa shape index (κ2) is 7.34. The molecule has 4 aliphatic rings. The summed E-state index contributed by atoms with van der Waals surface area (Å²) in [7, 11) is -0.279. The van der Waals surface area contributed by atoms with E-state index in [4.69, 9.17) is 9.16 Å². The summed E-state index contributed by atoms with van der Waals surface area (Å²) in [5.41, 5.74) is -0.409. The van der Waals surface area contributed by atoms with Gasteiger partial charge in [0.15, 0.2) is 8.32 Å². The van der Waals surface area contributed by atoms with Crippen molar-refractivity contribution in [3.8, 4) is 6.07 Å². The molecule has 5 heteroatoms. The average Bonchev–Trinajstić information content (AvgIpc) is 2.97. The maximum absolute atomic E-state index is 12.5. The molecule has 4 nitrogen and oxygen atoms in total. The van der Waals surface area contributed by atoms with Gasteiger partial charge in [0.25, 0.3) is 0 Å². The first-order chi connectivity index (χ1) is 14.0. The van der Waals surface area contributed by atoms with Crippen LogP contribution in [0.4, 0.5) is 0 Å². The molecule has 4 rings (SSSR count). The molecule has 0 heterocycles. The molecule has 0 saturated heterocycles. The highest BCUT2D eigenvalue weighted by Gasteiger charge is 2.67. The molecular weight excluding hydrogens is 390 g/mol. The van der Waals surface area contributed by atoms with Gasteiger partial charge in [-0.15, -0.1) is 0 Å². The Morgan fingerprint density at radius 1 is 0.967 bits per heavy atom. The van der Waals surface area contributed by atoms with Gasteiger partial charge in [-0.25, -0.2) is 0 Å². The number of rotatable bonds is 3. The second-order valence-electron chi connectivity index (χ2n) is 12.2. The lowest BCUT2D eigenvalue weighted by atomic mass is 9.43. The van der Waals surface area contributed by atoms with Gasteiger partial charge in [-0.2, -0.15) is 5.26 Å². The van der Waals surface area contributed by atoms with Gasteiger partial charge in [-0.3, -0.25) is 4.79 Å². The fourth-order valence-corrected chi connectivity index (χ4v) is 10.2. The summed E-state index contributed by atoms with van der Waals surface area (Å²) in [5, 5.41) is 10.3. The van der Waals surface area contributed by atoms with Gasteiger partial charge in [-0.1, -0.05) is 20.3 Å². The fourth-order valence-electron chi connectivity index (χ4n) is 8.75. The first kappa shape index (κ1) is 22.3. The minimum absolute atomic E-state index is 0.0120. The summed E-state index contributed by atoms with van der Waals surface area (Å²) in [5.74, 6) is 2.47. The molecular formula is C25H41NO3Si. The summed E-state index contributed by atoms with van der Waals surface area (Å²) < 4.78 is 11.9. The number of carbonyl (C=O) groups is 1. The Labute approximate surface area is 184 Å².